The molecular weight excluding hydrogens is 312 g/mol. The van der Waals surface area contributed by atoms with Crippen LogP contribution in [0.25, 0.3) is 0 Å². The summed E-state index contributed by atoms with van der Waals surface area (Å²) in [6.07, 6.45) is 0. The number of nitrogens with one attached hydrogen (secondary N) is 2. The van der Waals surface area contributed by atoms with Gasteiger partial charge in [0.15, 0.2) is 0 Å². The molecule has 0 unspecified atom stereocenters. The van der Waals surface area contributed by atoms with E-state index < -0.39 is 0 Å². The van der Waals surface area contributed by atoms with E-state index in [-0.39, 0.29) is 6.03 Å². The summed E-state index contributed by atoms with van der Waals surface area (Å²) in [5.41, 5.74) is 0.599. The van der Waals surface area contributed by atoms with E-state index in [2.05, 4.69) is 10.6 Å². The minimum atomic E-state index is -0.262. The molecule has 2 aromatic carbocycles. The average molecular weight is 332 g/mol. The lowest BCUT2D eigenvalue weighted by atomic mass is 10.2. The number of benzene rings is 2. The SMILES string of the molecule is COc1ccc(NC(=O)NCCSc2ccccc2)c(OC)c1. The molecule has 23 heavy (non-hydrogen) atoms. The Bertz CT molecular complexity index is 635. The predicted molar refractivity (Wildman–Crippen MR) is 93.7 cm³/mol. The van der Waals surface area contributed by atoms with Crippen molar-refractivity contribution >= 4 is 23.5 Å². The van der Waals surface area contributed by atoms with Crippen LogP contribution in [0.2, 0.25) is 0 Å². The van der Waals surface area contributed by atoms with Crippen LogP contribution < -0.4 is 20.1 Å². The molecule has 0 fully saturated rings. The summed E-state index contributed by atoms with van der Waals surface area (Å²) in [7, 11) is 3.13. The summed E-state index contributed by atoms with van der Waals surface area (Å²) < 4.78 is 10.4. The fourth-order valence-corrected chi connectivity index (χ4v) is 2.71. The van der Waals surface area contributed by atoms with E-state index in [1.54, 1.807) is 44.2 Å². The van der Waals surface area contributed by atoms with Crippen molar-refractivity contribution in [1.82, 2.24) is 5.32 Å². The highest BCUT2D eigenvalue weighted by Gasteiger charge is 2.08. The summed E-state index contributed by atoms with van der Waals surface area (Å²) in [4.78, 5) is 13.1. The second kappa shape index (κ2) is 8.95. The van der Waals surface area contributed by atoms with E-state index in [0.29, 0.717) is 23.7 Å². The Morgan fingerprint density at radius 3 is 2.57 bits per heavy atom. The summed E-state index contributed by atoms with van der Waals surface area (Å²) in [5.74, 6) is 2.03. The van der Waals surface area contributed by atoms with Gasteiger partial charge in [-0.05, 0) is 24.3 Å². The van der Waals surface area contributed by atoms with Crippen molar-refractivity contribution in [2.45, 2.75) is 4.90 Å². The standard InChI is InChI=1S/C17H20N2O3S/c1-21-13-8-9-15(16(12-13)22-2)19-17(20)18-10-11-23-14-6-4-3-5-7-14/h3-9,12H,10-11H2,1-2H3,(H2,18,19,20). The number of hydrogen-bond donors (Lipinski definition) is 2. The maximum absolute atomic E-state index is 11.9. The average Bonchev–Trinajstić information content (AvgIpc) is 2.60. The topological polar surface area (TPSA) is 59.6 Å². The molecule has 0 heterocycles. The Kier molecular flexibility index (Phi) is 6.62. The number of carbonyl (C=O) groups is 1. The van der Waals surface area contributed by atoms with Gasteiger partial charge in [0, 0.05) is 23.3 Å². The van der Waals surface area contributed by atoms with Crippen LogP contribution in [0, 0.1) is 0 Å². The molecule has 2 aromatic rings. The first-order valence-electron chi connectivity index (χ1n) is 7.17. The molecule has 0 spiro atoms. The molecule has 6 heteroatoms. The molecule has 2 N–H and O–H groups in total. The van der Waals surface area contributed by atoms with Crippen LogP contribution in [-0.4, -0.2) is 32.5 Å². The van der Waals surface area contributed by atoms with E-state index >= 15 is 0 Å². The van der Waals surface area contributed by atoms with Gasteiger partial charge in [0.1, 0.15) is 11.5 Å². The molecule has 0 atom stereocenters. The van der Waals surface area contributed by atoms with Crippen molar-refractivity contribution in [3.63, 3.8) is 0 Å². The molecule has 0 aromatic heterocycles. The van der Waals surface area contributed by atoms with Gasteiger partial charge in [-0.2, -0.15) is 0 Å². The van der Waals surface area contributed by atoms with Gasteiger partial charge in [-0.3, -0.25) is 0 Å². The number of urea groups is 1. The largest absolute Gasteiger partial charge is 0.497 e. The molecule has 5 nitrogen and oxygen atoms in total. The number of rotatable bonds is 7. The molecule has 0 saturated heterocycles. The zero-order valence-corrected chi connectivity index (χ0v) is 14.0. The van der Waals surface area contributed by atoms with Gasteiger partial charge < -0.3 is 20.1 Å². The molecule has 0 radical (unpaired) electrons. The van der Waals surface area contributed by atoms with Gasteiger partial charge in [0.25, 0.3) is 0 Å². The maximum atomic E-state index is 11.9. The summed E-state index contributed by atoms with van der Waals surface area (Å²) >= 11 is 1.70. The lowest BCUT2D eigenvalue weighted by Crippen LogP contribution is -2.30. The fourth-order valence-electron chi connectivity index (χ4n) is 1.92. The third-order valence-electron chi connectivity index (χ3n) is 3.06. The minimum absolute atomic E-state index is 0.262. The molecule has 0 saturated carbocycles. The summed E-state index contributed by atoms with van der Waals surface area (Å²) in [6, 6.07) is 15.1. The van der Waals surface area contributed by atoms with Crippen molar-refractivity contribution in [1.29, 1.82) is 0 Å². The second-order valence-electron chi connectivity index (χ2n) is 4.61. The molecule has 0 aliphatic rings. The van der Waals surface area contributed by atoms with Crippen molar-refractivity contribution in [2.24, 2.45) is 0 Å². The molecule has 2 amide bonds. The van der Waals surface area contributed by atoms with Crippen LogP contribution in [0.5, 0.6) is 11.5 Å². The number of thioether (sulfide) groups is 1. The molecule has 0 bridgehead atoms. The summed E-state index contributed by atoms with van der Waals surface area (Å²) in [6.45, 7) is 0.573. The lowest BCUT2D eigenvalue weighted by Gasteiger charge is -2.12. The molecule has 0 aliphatic carbocycles. The number of carbonyl (C=O) groups excluding carboxylic acids is 1. The second-order valence-corrected chi connectivity index (χ2v) is 5.78. The minimum Gasteiger partial charge on any atom is -0.497 e. The monoisotopic (exact) mass is 332 g/mol. The van der Waals surface area contributed by atoms with E-state index in [1.807, 2.05) is 30.3 Å². The number of amides is 2. The van der Waals surface area contributed by atoms with Crippen LogP contribution in [-0.2, 0) is 0 Å². The summed E-state index contributed by atoms with van der Waals surface area (Å²) in [5, 5.41) is 5.60. The first-order chi connectivity index (χ1) is 11.2. The highest BCUT2D eigenvalue weighted by molar-refractivity contribution is 7.99. The van der Waals surface area contributed by atoms with Gasteiger partial charge in [-0.1, -0.05) is 18.2 Å². The van der Waals surface area contributed by atoms with Crippen LogP contribution in [0.4, 0.5) is 10.5 Å². The van der Waals surface area contributed by atoms with E-state index in [0.717, 1.165) is 5.75 Å². The van der Waals surface area contributed by atoms with Crippen molar-refractivity contribution < 1.29 is 14.3 Å². The van der Waals surface area contributed by atoms with Crippen LogP contribution >= 0.6 is 11.8 Å². The Labute approximate surface area is 140 Å². The zero-order chi connectivity index (χ0) is 16.5. The Hall–Kier alpha value is -2.34. The quantitative estimate of drug-likeness (QED) is 0.600. The van der Waals surface area contributed by atoms with E-state index in [4.69, 9.17) is 9.47 Å². The predicted octanol–water partition coefficient (Wildman–Crippen LogP) is 3.62. The van der Waals surface area contributed by atoms with Gasteiger partial charge in [-0.15, -0.1) is 11.8 Å². The van der Waals surface area contributed by atoms with Gasteiger partial charge >= 0.3 is 6.03 Å². The molecular formula is C17H20N2O3S. The third-order valence-corrected chi connectivity index (χ3v) is 4.07. The number of hydrogen-bond acceptors (Lipinski definition) is 4. The van der Waals surface area contributed by atoms with E-state index in [9.17, 15) is 4.79 Å². The van der Waals surface area contributed by atoms with Crippen molar-refractivity contribution in [3.05, 3.63) is 48.5 Å². The van der Waals surface area contributed by atoms with Crippen molar-refractivity contribution in [3.8, 4) is 11.5 Å². The fraction of sp³-hybridized carbons (Fsp3) is 0.235. The van der Waals surface area contributed by atoms with Gasteiger partial charge in [0.05, 0.1) is 19.9 Å². The smallest absolute Gasteiger partial charge is 0.319 e. The maximum Gasteiger partial charge on any atom is 0.319 e. The van der Waals surface area contributed by atoms with Gasteiger partial charge in [-0.25, -0.2) is 4.79 Å². The molecule has 122 valence electrons. The number of anilines is 1. The number of ether oxygens (including phenoxy) is 2. The zero-order valence-electron chi connectivity index (χ0n) is 13.2. The van der Waals surface area contributed by atoms with Gasteiger partial charge in [0.2, 0.25) is 0 Å². The lowest BCUT2D eigenvalue weighted by molar-refractivity contribution is 0.252. The van der Waals surface area contributed by atoms with Crippen LogP contribution in [0.3, 0.4) is 0 Å². The Balaban J connectivity index is 1.78. The Morgan fingerprint density at radius 1 is 1.09 bits per heavy atom. The third kappa shape index (κ3) is 5.41. The first kappa shape index (κ1) is 17.0. The van der Waals surface area contributed by atoms with Crippen molar-refractivity contribution in [2.75, 3.05) is 31.8 Å². The highest BCUT2D eigenvalue weighted by atomic mass is 32.2. The molecule has 2 rings (SSSR count). The van der Waals surface area contributed by atoms with Crippen LogP contribution in [0.1, 0.15) is 0 Å². The molecule has 0 aliphatic heterocycles. The van der Waals surface area contributed by atoms with Crippen LogP contribution in [0.15, 0.2) is 53.4 Å². The normalized spacial score (nSPS) is 10.0. The van der Waals surface area contributed by atoms with E-state index in [1.165, 1.54) is 4.90 Å². The Morgan fingerprint density at radius 2 is 1.87 bits per heavy atom. The highest BCUT2D eigenvalue weighted by Crippen LogP contribution is 2.28. The first-order valence-corrected chi connectivity index (χ1v) is 8.16. The number of methoxy groups -OCH3 is 2.